The van der Waals surface area contributed by atoms with Gasteiger partial charge in [0.15, 0.2) is 0 Å². The monoisotopic (exact) mass is 425 g/mol. The van der Waals surface area contributed by atoms with Crippen molar-refractivity contribution in [2.24, 2.45) is 0 Å². The molecule has 2 amide bonds. The van der Waals surface area contributed by atoms with Gasteiger partial charge in [-0.05, 0) is 30.5 Å². The lowest BCUT2D eigenvalue weighted by Gasteiger charge is -2.12. The van der Waals surface area contributed by atoms with Gasteiger partial charge in [0.2, 0.25) is 0 Å². The molecule has 0 atom stereocenters. The first-order valence-corrected chi connectivity index (χ1v) is 9.71. The van der Waals surface area contributed by atoms with Crippen LogP contribution in [-0.2, 0) is 0 Å². The summed E-state index contributed by atoms with van der Waals surface area (Å²) in [6.45, 7) is 0.247. The molecule has 0 fully saturated rings. The van der Waals surface area contributed by atoms with Crippen LogP contribution >= 0.6 is 22.7 Å². The Morgan fingerprint density at radius 2 is 1.86 bits per heavy atom. The first kappa shape index (κ1) is 20.0. The fourth-order valence-electron chi connectivity index (χ4n) is 2.36. The zero-order valence-electron chi connectivity index (χ0n) is 14.5. The van der Waals surface area contributed by atoms with Gasteiger partial charge in [-0.15, -0.1) is 22.7 Å². The quantitative estimate of drug-likeness (QED) is 0.621. The van der Waals surface area contributed by atoms with Gasteiger partial charge in [-0.1, -0.05) is 18.2 Å². The molecule has 0 saturated heterocycles. The molecule has 0 aliphatic rings. The maximum Gasteiger partial charge on any atom is 0.405 e. The van der Waals surface area contributed by atoms with Gasteiger partial charge < -0.3 is 10.6 Å². The summed E-state index contributed by atoms with van der Waals surface area (Å²) in [7, 11) is 0. The number of hydrogen-bond donors (Lipinski definition) is 2. The molecule has 2 heterocycles. The van der Waals surface area contributed by atoms with Crippen molar-refractivity contribution in [3.63, 3.8) is 0 Å². The van der Waals surface area contributed by atoms with E-state index in [1.165, 1.54) is 40.9 Å². The van der Waals surface area contributed by atoms with E-state index in [-0.39, 0.29) is 11.3 Å². The number of carbonyl (C=O) groups excluding carboxylic acids is 2. The molecular formula is C18H14F3N3O2S2. The van der Waals surface area contributed by atoms with Crippen molar-refractivity contribution in [3.05, 3.63) is 57.9 Å². The zero-order chi connectivity index (χ0) is 20.3. The van der Waals surface area contributed by atoms with Crippen molar-refractivity contribution in [3.8, 4) is 9.88 Å². The Morgan fingerprint density at radius 1 is 1.11 bits per heavy atom. The van der Waals surface area contributed by atoms with E-state index in [0.29, 0.717) is 15.6 Å². The van der Waals surface area contributed by atoms with Crippen molar-refractivity contribution in [1.29, 1.82) is 0 Å². The number of para-hydroxylation sites is 1. The minimum absolute atomic E-state index is 0.0549. The SMILES string of the molecule is Cc1nc(-c2cccs2)sc1C(=O)Nc1ccccc1C(=O)NCC(F)(F)F. The topological polar surface area (TPSA) is 71.1 Å². The molecule has 2 aromatic heterocycles. The van der Waals surface area contributed by atoms with Gasteiger partial charge >= 0.3 is 6.18 Å². The molecule has 0 saturated carbocycles. The Morgan fingerprint density at radius 3 is 2.54 bits per heavy atom. The van der Waals surface area contributed by atoms with Gasteiger partial charge in [0.25, 0.3) is 11.8 Å². The first-order valence-electron chi connectivity index (χ1n) is 8.01. The van der Waals surface area contributed by atoms with Crippen molar-refractivity contribution in [1.82, 2.24) is 10.3 Å². The van der Waals surface area contributed by atoms with Gasteiger partial charge in [0.05, 0.1) is 21.8 Å². The highest BCUT2D eigenvalue weighted by Crippen LogP contribution is 2.31. The summed E-state index contributed by atoms with van der Waals surface area (Å²) in [6.07, 6.45) is -4.52. The molecule has 0 bridgehead atoms. The number of anilines is 1. The lowest BCUT2D eigenvalue weighted by atomic mass is 10.1. The van der Waals surface area contributed by atoms with Crippen LogP contribution in [0.15, 0.2) is 41.8 Å². The fourth-order valence-corrected chi connectivity index (χ4v) is 4.12. The third-order valence-electron chi connectivity index (χ3n) is 3.60. The van der Waals surface area contributed by atoms with E-state index in [2.05, 4.69) is 10.3 Å². The van der Waals surface area contributed by atoms with Crippen LogP contribution in [0.2, 0.25) is 0 Å². The largest absolute Gasteiger partial charge is 0.405 e. The van der Waals surface area contributed by atoms with Crippen LogP contribution in [0, 0.1) is 6.92 Å². The second-order valence-electron chi connectivity index (χ2n) is 5.71. The van der Waals surface area contributed by atoms with Crippen LogP contribution in [0.3, 0.4) is 0 Å². The van der Waals surface area contributed by atoms with E-state index < -0.39 is 24.5 Å². The number of amides is 2. The minimum Gasteiger partial charge on any atom is -0.343 e. The normalized spacial score (nSPS) is 11.3. The molecule has 0 radical (unpaired) electrons. The van der Waals surface area contributed by atoms with Gasteiger partial charge in [-0.3, -0.25) is 9.59 Å². The van der Waals surface area contributed by atoms with E-state index in [1.807, 2.05) is 17.5 Å². The number of hydrogen-bond acceptors (Lipinski definition) is 5. The molecule has 0 aliphatic carbocycles. The smallest absolute Gasteiger partial charge is 0.343 e. The number of thiazole rings is 1. The predicted molar refractivity (Wildman–Crippen MR) is 103 cm³/mol. The van der Waals surface area contributed by atoms with Crippen LogP contribution in [0.25, 0.3) is 9.88 Å². The Kier molecular flexibility index (Phi) is 5.80. The Hall–Kier alpha value is -2.72. The highest BCUT2D eigenvalue weighted by Gasteiger charge is 2.28. The van der Waals surface area contributed by atoms with Gasteiger partial charge in [0, 0.05) is 0 Å². The number of alkyl halides is 3. The molecule has 10 heteroatoms. The molecule has 3 rings (SSSR count). The number of nitrogens with one attached hydrogen (secondary N) is 2. The number of rotatable bonds is 5. The molecule has 2 N–H and O–H groups in total. The highest BCUT2D eigenvalue weighted by atomic mass is 32.1. The summed E-state index contributed by atoms with van der Waals surface area (Å²) >= 11 is 2.71. The predicted octanol–water partition coefficient (Wildman–Crippen LogP) is 4.72. The number of thiophene rings is 1. The van der Waals surface area contributed by atoms with Crippen LogP contribution < -0.4 is 10.6 Å². The number of nitrogens with zero attached hydrogens (tertiary/aromatic N) is 1. The van der Waals surface area contributed by atoms with E-state index in [1.54, 1.807) is 18.3 Å². The number of aromatic nitrogens is 1. The fraction of sp³-hybridized carbons (Fsp3) is 0.167. The summed E-state index contributed by atoms with van der Waals surface area (Å²) in [5.41, 5.74) is 0.600. The van der Waals surface area contributed by atoms with Crippen molar-refractivity contribution in [2.75, 3.05) is 11.9 Å². The Labute approximate surface area is 166 Å². The number of carbonyl (C=O) groups is 2. The lowest BCUT2D eigenvalue weighted by Crippen LogP contribution is -2.34. The summed E-state index contributed by atoms with van der Waals surface area (Å²) in [4.78, 5) is 30.4. The number of benzene rings is 1. The third-order valence-corrected chi connectivity index (χ3v) is 5.80. The highest BCUT2D eigenvalue weighted by molar-refractivity contribution is 7.22. The Bertz CT molecular complexity index is 998. The van der Waals surface area contributed by atoms with E-state index >= 15 is 0 Å². The van der Waals surface area contributed by atoms with Crippen molar-refractivity contribution < 1.29 is 22.8 Å². The summed E-state index contributed by atoms with van der Waals surface area (Å²) < 4.78 is 37.0. The molecule has 0 unspecified atom stereocenters. The summed E-state index contributed by atoms with van der Waals surface area (Å²) in [6, 6.07) is 9.66. The minimum atomic E-state index is -4.52. The van der Waals surface area contributed by atoms with Crippen molar-refractivity contribution in [2.45, 2.75) is 13.1 Å². The molecule has 1 aromatic carbocycles. The maximum atomic E-state index is 12.7. The maximum absolute atomic E-state index is 12.7. The molecule has 146 valence electrons. The van der Waals surface area contributed by atoms with Crippen LogP contribution in [0.5, 0.6) is 0 Å². The summed E-state index contributed by atoms with van der Waals surface area (Å²) in [5, 5.41) is 7.01. The molecule has 3 aromatic rings. The molecule has 0 spiro atoms. The first-order chi connectivity index (χ1) is 13.2. The van der Waals surface area contributed by atoms with Crippen LogP contribution in [0.4, 0.5) is 18.9 Å². The average Bonchev–Trinajstić information content (AvgIpc) is 3.29. The van der Waals surface area contributed by atoms with Gasteiger partial charge in [0.1, 0.15) is 16.4 Å². The summed E-state index contributed by atoms with van der Waals surface area (Å²) in [5.74, 6) is -1.40. The second-order valence-corrected chi connectivity index (χ2v) is 7.66. The van der Waals surface area contributed by atoms with Crippen LogP contribution in [0.1, 0.15) is 25.7 Å². The molecule has 0 aliphatic heterocycles. The van der Waals surface area contributed by atoms with Gasteiger partial charge in [-0.25, -0.2) is 4.98 Å². The van der Waals surface area contributed by atoms with Crippen molar-refractivity contribution >= 4 is 40.2 Å². The third kappa shape index (κ3) is 4.76. The zero-order valence-corrected chi connectivity index (χ0v) is 16.1. The number of halogens is 3. The second kappa shape index (κ2) is 8.11. The Balaban J connectivity index is 1.79. The molecule has 28 heavy (non-hydrogen) atoms. The lowest BCUT2D eigenvalue weighted by molar-refractivity contribution is -0.123. The number of aryl methyl sites for hydroxylation is 1. The van der Waals surface area contributed by atoms with Gasteiger partial charge in [-0.2, -0.15) is 13.2 Å². The standard InChI is InChI=1S/C18H14F3N3O2S2/c1-10-14(28-17(23-10)13-7-4-8-27-13)16(26)24-12-6-3-2-5-11(12)15(25)22-9-18(19,20)21/h2-8H,9H2,1H3,(H,22,25)(H,24,26). The van der Waals surface area contributed by atoms with E-state index in [0.717, 1.165) is 4.88 Å². The van der Waals surface area contributed by atoms with E-state index in [4.69, 9.17) is 0 Å². The van der Waals surface area contributed by atoms with Crippen LogP contribution in [-0.4, -0.2) is 29.5 Å². The molecular weight excluding hydrogens is 411 g/mol. The average molecular weight is 425 g/mol. The van der Waals surface area contributed by atoms with E-state index in [9.17, 15) is 22.8 Å². The molecule has 5 nitrogen and oxygen atoms in total.